The molecule has 6 nitrogen and oxygen atoms in total. The first-order chi connectivity index (χ1) is 11.7. The van der Waals surface area contributed by atoms with Crippen LogP contribution in [0.5, 0.6) is 5.75 Å². The van der Waals surface area contributed by atoms with Crippen molar-refractivity contribution in [2.24, 2.45) is 5.92 Å². The molecular formula is C19H27N3O3. The Kier molecular flexibility index (Phi) is 5.82. The third-order valence-corrected chi connectivity index (χ3v) is 4.36. The molecule has 6 heteroatoms. The monoisotopic (exact) mass is 345 g/mol. The Labute approximate surface area is 148 Å². The number of hydrogen-bond acceptors (Lipinski definition) is 5. The van der Waals surface area contributed by atoms with E-state index in [0.717, 1.165) is 17.5 Å². The van der Waals surface area contributed by atoms with Gasteiger partial charge >= 0.3 is 0 Å². The second-order valence-corrected chi connectivity index (χ2v) is 7.45. The molecule has 0 aliphatic heterocycles. The van der Waals surface area contributed by atoms with Gasteiger partial charge in [0.05, 0.1) is 0 Å². The van der Waals surface area contributed by atoms with Crippen LogP contribution in [0, 0.1) is 5.92 Å². The number of phenolic OH excluding ortho intramolecular Hbond substituents is 1. The highest BCUT2D eigenvalue weighted by atomic mass is 16.4. The molecule has 1 aromatic heterocycles. The lowest BCUT2D eigenvalue weighted by Gasteiger charge is -2.22. The van der Waals surface area contributed by atoms with Crippen molar-refractivity contribution >= 4 is 5.91 Å². The van der Waals surface area contributed by atoms with Gasteiger partial charge in [-0.15, -0.1) is 10.2 Å². The number of phenols is 1. The fraction of sp³-hybridized carbons (Fsp3) is 0.526. The largest absolute Gasteiger partial charge is 0.508 e. The first-order valence-corrected chi connectivity index (χ1v) is 8.61. The van der Waals surface area contributed by atoms with Crippen molar-refractivity contribution in [3.8, 4) is 5.75 Å². The number of amides is 1. The zero-order chi connectivity index (χ0) is 18.6. The molecule has 136 valence electrons. The minimum Gasteiger partial charge on any atom is -0.508 e. The molecule has 0 fully saturated rings. The van der Waals surface area contributed by atoms with Gasteiger partial charge in [0, 0.05) is 12.3 Å². The molecule has 1 amide bonds. The average Bonchev–Trinajstić information content (AvgIpc) is 3.08. The molecule has 2 aromatic rings. The van der Waals surface area contributed by atoms with Crippen LogP contribution in [0.25, 0.3) is 0 Å². The summed E-state index contributed by atoms with van der Waals surface area (Å²) in [5.41, 5.74) is 1.66. The Morgan fingerprint density at radius 1 is 1.36 bits per heavy atom. The van der Waals surface area contributed by atoms with E-state index in [1.807, 2.05) is 46.8 Å². The van der Waals surface area contributed by atoms with Gasteiger partial charge < -0.3 is 14.8 Å². The van der Waals surface area contributed by atoms with E-state index in [1.54, 1.807) is 6.07 Å². The molecule has 0 aliphatic carbocycles. The number of rotatable bonds is 6. The van der Waals surface area contributed by atoms with Gasteiger partial charge in [-0.1, -0.05) is 46.8 Å². The third-order valence-electron chi connectivity index (χ3n) is 4.36. The molecule has 0 saturated heterocycles. The van der Waals surface area contributed by atoms with Gasteiger partial charge in [0.15, 0.2) is 0 Å². The van der Waals surface area contributed by atoms with Gasteiger partial charge in [0.2, 0.25) is 18.2 Å². The van der Waals surface area contributed by atoms with Crippen molar-refractivity contribution in [1.29, 1.82) is 0 Å². The molecule has 1 heterocycles. The maximum absolute atomic E-state index is 12.3. The highest BCUT2D eigenvalue weighted by Gasteiger charge is 2.24. The van der Waals surface area contributed by atoms with Crippen molar-refractivity contribution in [2.75, 3.05) is 0 Å². The zero-order valence-electron chi connectivity index (χ0n) is 15.5. The SMILES string of the molecule is CCC(C)C(=O)NC(Cc1ccc(O)c(C(C)(C)C)c1)c1nnco1. The van der Waals surface area contributed by atoms with Gasteiger partial charge in [0.1, 0.15) is 11.8 Å². The summed E-state index contributed by atoms with van der Waals surface area (Å²) in [7, 11) is 0. The Hall–Kier alpha value is -2.37. The quantitative estimate of drug-likeness (QED) is 0.836. The average molecular weight is 345 g/mol. The molecule has 25 heavy (non-hydrogen) atoms. The first kappa shape index (κ1) is 19.0. The highest BCUT2D eigenvalue weighted by molar-refractivity contribution is 5.78. The Morgan fingerprint density at radius 3 is 2.64 bits per heavy atom. The van der Waals surface area contributed by atoms with E-state index in [2.05, 4.69) is 15.5 Å². The molecule has 2 N–H and O–H groups in total. The molecule has 0 bridgehead atoms. The summed E-state index contributed by atoms with van der Waals surface area (Å²) in [6.07, 6.45) is 2.53. The second kappa shape index (κ2) is 7.68. The molecule has 1 aromatic carbocycles. The molecule has 0 aliphatic rings. The molecule has 0 radical (unpaired) electrons. The van der Waals surface area contributed by atoms with Crippen molar-refractivity contribution in [2.45, 2.75) is 58.9 Å². The van der Waals surface area contributed by atoms with E-state index in [-0.39, 0.29) is 23.0 Å². The summed E-state index contributed by atoms with van der Waals surface area (Å²) in [4.78, 5) is 12.3. The topological polar surface area (TPSA) is 88.2 Å². The summed E-state index contributed by atoms with van der Waals surface area (Å²) < 4.78 is 5.32. The van der Waals surface area contributed by atoms with Crippen LogP contribution >= 0.6 is 0 Å². The summed E-state index contributed by atoms with van der Waals surface area (Å²) >= 11 is 0. The van der Waals surface area contributed by atoms with E-state index in [1.165, 1.54) is 6.39 Å². The van der Waals surface area contributed by atoms with Crippen LogP contribution in [0.2, 0.25) is 0 Å². The summed E-state index contributed by atoms with van der Waals surface area (Å²) in [6, 6.07) is 5.11. The van der Waals surface area contributed by atoms with E-state index >= 15 is 0 Å². The number of aromatic nitrogens is 2. The van der Waals surface area contributed by atoms with Crippen molar-refractivity contribution in [1.82, 2.24) is 15.5 Å². The Balaban J connectivity index is 2.27. The first-order valence-electron chi connectivity index (χ1n) is 8.61. The molecule has 2 atom stereocenters. The fourth-order valence-corrected chi connectivity index (χ4v) is 2.58. The van der Waals surface area contributed by atoms with Crippen LogP contribution in [0.4, 0.5) is 0 Å². The summed E-state index contributed by atoms with van der Waals surface area (Å²) in [6.45, 7) is 10.0. The molecular weight excluding hydrogens is 318 g/mol. The normalized spacial score (nSPS) is 14.1. The number of carbonyl (C=O) groups is 1. The van der Waals surface area contributed by atoms with Crippen molar-refractivity contribution < 1.29 is 14.3 Å². The minimum absolute atomic E-state index is 0.0412. The van der Waals surface area contributed by atoms with E-state index < -0.39 is 6.04 Å². The lowest BCUT2D eigenvalue weighted by Crippen LogP contribution is -2.34. The van der Waals surface area contributed by atoms with Gasteiger partial charge in [-0.25, -0.2) is 0 Å². The minimum atomic E-state index is -0.402. The van der Waals surface area contributed by atoms with Crippen LogP contribution in [0.1, 0.15) is 64.1 Å². The van der Waals surface area contributed by atoms with Crippen LogP contribution in [-0.4, -0.2) is 21.2 Å². The van der Waals surface area contributed by atoms with Gasteiger partial charge in [-0.3, -0.25) is 4.79 Å². The molecule has 0 spiro atoms. The number of aromatic hydroxyl groups is 1. The van der Waals surface area contributed by atoms with Gasteiger partial charge in [-0.05, 0) is 29.0 Å². The molecule has 2 rings (SSSR count). The van der Waals surface area contributed by atoms with Crippen molar-refractivity contribution in [3.63, 3.8) is 0 Å². The number of benzene rings is 1. The lowest BCUT2D eigenvalue weighted by atomic mass is 9.84. The fourth-order valence-electron chi connectivity index (χ4n) is 2.58. The number of nitrogens with one attached hydrogen (secondary N) is 1. The Morgan fingerprint density at radius 2 is 2.08 bits per heavy atom. The highest BCUT2D eigenvalue weighted by Crippen LogP contribution is 2.32. The second-order valence-electron chi connectivity index (χ2n) is 7.45. The molecule has 0 saturated carbocycles. The maximum atomic E-state index is 12.3. The zero-order valence-corrected chi connectivity index (χ0v) is 15.5. The molecule has 2 unspecified atom stereocenters. The number of hydrogen-bond donors (Lipinski definition) is 2. The van der Waals surface area contributed by atoms with Gasteiger partial charge in [-0.2, -0.15) is 0 Å². The Bertz CT molecular complexity index is 705. The number of carbonyl (C=O) groups excluding carboxylic acids is 1. The van der Waals surface area contributed by atoms with Crippen molar-refractivity contribution in [3.05, 3.63) is 41.6 Å². The van der Waals surface area contributed by atoms with E-state index in [9.17, 15) is 9.90 Å². The predicted molar refractivity (Wildman–Crippen MR) is 95.1 cm³/mol. The van der Waals surface area contributed by atoms with Gasteiger partial charge in [0.25, 0.3) is 0 Å². The lowest BCUT2D eigenvalue weighted by molar-refractivity contribution is -0.125. The van der Waals surface area contributed by atoms with E-state index in [4.69, 9.17) is 4.42 Å². The standard InChI is InChI=1S/C19H27N3O3/c1-6-12(2)17(24)21-15(18-22-20-11-25-18)10-13-7-8-16(23)14(9-13)19(3,4)5/h7-9,11-12,15,23H,6,10H2,1-5H3,(H,21,24). The summed E-state index contributed by atoms with van der Waals surface area (Å²) in [5, 5.41) is 20.8. The third kappa shape index (κ3) is 4.81. The van der Waals surface area contributed by atoms with Crippen LogP contribution in [-0.2, 0) is 16.6 Å². The van der Waals surface area contributed by atoms with E-state index in [0.29, 0.717) is 12.3 Å². The summed E-state index contributed by atoms with van der Waals surface area (Å²) in [5.74, 6) is 0.521. The maximum Gasteiger partial charge on any atom is 0.238 e. The number of nitrogens with zero attached hydrogens (tertiary/aromatic N) is 2. The van der Waals surface area contributed by atoms with Crippen LogP contribution in [0.15, 0.2) is 29.0 Å². The smallest absolute Gasteiger partial charge is 0.238 e. The van der Waals surface area contributed by atoms with Crippen LogP contribution in [0.3, 0.4) is 0 Å². The van der Waals surface area contributed by atoms with Crippen LogP contribution < -0.4 is 5.32 Å². The predicted octanol–water partition coefficient (Wildman–Crippen LogP) is 3.52.